The Morgan fingerprint density at radius 1 is 1.42 bits per heavy atom. The Morgan fingerprint density at radius 3 is 2.50 bits per heavy atom. The van der Waals surface area contributed by atoms with E-state index >= 15 is 0 Å². The number of piperazine rings is 1. The Kier molecular flexibility index (Phi) is 2.76. The molecule has 0 spiro atoms. The minimum absolute atomic E-state index is 0.210. The number of nitrogens with zero attached hydrogens (tertiary/aromatic N) is 2. The molecule has 0 aromatic rings. The minimum atomic E-state index is 0.210. The van der Waals surface area contributed by atoms with Crippen molar-refractivity contribution < 1.29 is 0 Å². The lowest BCUT2D eigenvalue weighted by atomic mass is 9.91. The molecule has 1 saturated heterocycles. The summed E-state index contributed by atoms with van der Waals surface area (Å²) >= 11 is 0. The van der Waals surface area contributed by atoms with Crippen LogP contribution in [0, 0.1) is 0 Å². The van der Waals surface area contributed by atoms with Crippen LogP contribution in [0.4, 0.5) is 0 Å². The summed E-state index contributed by atoms with van der Waals surface area (Å²) in [5.74, 6) is 5.88. The van der Waals surface area contributed by atoms with Crippen molar-refractivity contribution in [3.05, 3.63) is 0 Å². The van der Waals surface area contributed by atoms with Gasteiger partial charge in [0, 0.05) is 24.7 Å². The lowest BCUT2D eigenvalue weighted by molar-refractivity contribution is -0.0231. The van der Waals surface area contributed by atoms with Crippen LogP contribution < -0.4 is 5.84 Å². The van der Waals surface area contributed by atoms with Gasteiger partial charge in [0.15, 0.2) is 0 Å². The van der Waals surface area contributed by atoms with Crippen molar-refractivity contribution in [1.82, 2.24) is 9.91 Å². The highest BCUT2D eigenvalue weighted by atomic mass is 15.5. The van der Waals surface area contributed by atoms with Crippen LogP contribution >= 0.6 is 0 Å². The van der Waals surface area contributed by atoms with Crippen molar-refractivity contribution in [3.8, 4) is 0 Å². The number of hydrogen-bond donors (Lipinski definition) is 1. The van der Waals surface area contributed by atoms with Gasteiger partial charge in [-0.05, 0) is 27.3 Å². The monoisotopic (exact) mass is 171 g/mol. The first-order chi connectivity index (χ1) is 5.50. The molecule has 0 radical (unpaired) electrons. The van der Waals surface area contributed by atoms with Gasteiger partial charge in [0.25, 0.3) is 0 Å². The van der Waals surface area contributed by atoms with E-state index in [0.717, 1.165) is 19.6 Å². The largest absolute Gasteiger partial charge is 0.296 e. The molecular weight excluding hydrogens is 150 g/mol. The Morgan fingerprint density at radius 2 is 2.00 bits per heavy atom. The molecule has 1 heterocycles. The molecule has 0 aromatic heterocycles. The topological polar surface area (TPSA) is 32.5 Å². The number of rotatable bonds is 1. The van der Waals surface area contributed by atoms with E-state index < -0.39 is 0 Å². The molecule has 3 heteroatoms. The van der Waals surface area contributed by atoms with Gasteiger partial charge in [0.1, 0.15) is 0 Å². The van der Waals surface area contributed by atoms with E-state index in [1.54, 1.807) is 0 Å². The third kappa shape index (κ3) is 1.49. The maximum absolute atomic E-state index is 5.88. The van der Waals surface area contributed by atoms with Gasteiger partial charge < -0.3 is 0 Å². The zero-order chi connectivity index (χ0) is 9.35. The minimum Gasteiger partial charge on any atom is -0.296 e. The molecule has 0 bridgehead atoms. The number of hydrazine groups is 1. The van der Waals surface area contributed by atoms with Crippen LogP contribution in [0.2, 0.25) is 0 Å². The van der Waals surface area contributed by atoms with Crippen LogP contribution in [0.3, 0.4) is 0 Å². The first-order valence-corrected chi connectivity index (χ1v) is 4.76. The van der Waals surface area contributed by atoms with Gasteiger partial charge in [0.05, 0.1) is 0 Å². The molecule has 0 aliphatic carbocycles. The zero-order valence-corrected chi connectivity index (χ0v) is 8.67. The van der Waals surface area contributed by atoms with Crippen LogP contribution in [-0.4, -0.2) is 41.1 Å². The Labute approximate surface area is 75.5 Å². The normalized spacial score (nSPS) is 32.2. The first kappa shape index (κ1) is 9.96. The van der Waals surface area contributed by atoms with Crippen LogP contribution in [0.5, 0.6) is 0 Å². The Balaban J connectivity index is 2.73. The summed E-state index contributed by atoms with van der Waals surface area (Å²) in [4.78, 5) is 2.49. The van der Waals surface area contributed by atoms with Crippen LogP contribution in [0.15, 0.2) is 0 Å². The summed E-state index contributed by atoms with van der Waals surface area (Å²) in [5.41, 5.74) is 0.210. The van der Waals surface area contributed by atoms with Gasteiger partial charge in [-0.1, -0.05) is 6.92 Å². The lowest BCUT2D eigenvalue weighted by Crippen LogP contribution is -2.65. The summed E-state index contributed by atoms with van der Waals surface area (Å²) in [6.45, 7) is 12.1. The summed E-state index contributed by atoms with van der Waals surface area (Å²) in [5, 5.41) is 1.95. The molecule has 0 amide bonds. The van der Waals surface area contributed by atoms with Crippen LogP contribution in [0.25, 0.3) is 0 Å². The molecule has 1 unspecified atom stereocenters. The average molecular weight is 171 g/mol. The second-order valence-electron chi connectivity index (χ2n) is 4.15. The van der Waals surface area contributed by atoms with Gasteiger partial charge in [-0.25, -0.2) is 5.01 Å². The fourth-order valence-electron chi connectivity index (χ4n) is 1.95. The quantitative estimate of drug-likeness (QED) is 0.588. The molecule has 72 valence electrons. The van der Waals surface area contributed by atoms with Crippen LogP contribution in [-0.2, 0) is 0 Å². The smallest absolute Gasteiger partial charge is 0.0392 e. The van der Waals surface area contributed by atoms with Crippen molar-refractivity contribution in [2.24, 2.45) is 5.84 Å². The number of hydrogen-bond acceptors (Lipinski definition) is 3. The SMILES string of the molecule is CCN1CCN(N)C(C)C1(C)C. The molecule has 0 aromatic carbocycles. The van der Waals surface area contributed by atoms with Crippen molar-refractivity contribution in [1.29, 1.82) is 0 Å². The van der Waals surface area contributed by atoms with E-state index in [0.29, 0.717) is 6.04 Å². The highest BCUT2D eigenvalue weighted by Gasteiger charge is 2.37. The average Bonchev–Trinajstić information content (AvgIpc) is 2.01. The summed E-state index contributed by atoms with van der Waals surface area (Å²) in [7, 11) is 0. The third-order valence-electron chi connectivity index (χ3n) is 3.34. The molecule has 1 aliphatic rings. The van der Waals surface area contributed by atoms with Gasteiger partial charge in [-0.3, -0.25) is 10.7 Å². The predicted molar refractivity (Wildman–Crippen MR) is 51.7 cm³/mol. The van der Waals surface area contributed by atoms with Crippen molar-refractivity contribution in [2.45, 2.75) is 39.3 Å². The molecule has 1 aliphatic heterocycles. The van der Waals surface area contributed by atoms with Gasteiger partial charge in [-0.15, -0.1) is 0 Å². The summed E-state index contributed by atoms with van der Waals surface area (Å²) in [6, 6.07) is 0.436. The Hall–Kier alpha value is -0.120. The second kappa shape index (κ2) is 3.32. The van der Waals surface area contributed by atoms with Gasteiger partial charge in [0.2, 0.25) is 0 Å². The molecule has 2 N–H and O–H groups in total. The van der Waals surface area contributed by atoms with E-state index in [2.05, 4.69) is 32.6 Å². The molecule has 1 fully saturated rings. The second-order valence-corrected chi connectivity index (χ2v) is 4.15. The lowest BCUT2D eigenvalue weighted by Gasteiger charge is -2.50. The molecular formula is C9H21N3. The summed E-state index contributed by atoms with van der Waals surface area (Å²) < 4.78 is 0. The van der Waals surface area contributed by atoms with E-state index in [-0.39, 0.29) is 5.54 Å². The van der Waals surface area contributed by atoms with E-state index in [1.165, 1.54) is 0 Å². The third-order valence-corrected chi connectivity index (χ3v) is 3.34. The first-order valence-electron chi connectivity index (χ1n) is 4.76. The Bertz CT molecular complexity index is 152. The van der Waals surface area contributed by atoms with E-state index in [4.69, 9.17) is 5.84 Å². The highest BCUT2D eigenvalue weighted by Crippen LogP contribution is 2.24. The molecule has 12 heavy (non-hydrogen) atoms. The van der Waals surface area contributed by atoms with Crippen molar-refractivity contribution in [3.63, 3.8) is 0 Å². The standard InChI is InChI=1S/C9H21N3/c1-5-11-6-7-12(10)8(2)9(11,3)4/h8H,5-7,10H2,1-4H3. The summed E-state index contributed by atoms with van der Waals surface area (Å²) in [6.07, 6.45) is 0. The van der Waals surface area contributed by atoms with E-state index in [9.17, 15) is 0 Å². The molecule has 1 atom stereocenters. The maximum atomic E-state index is 5.88. The molecule has 0 saturated carbocycles. The fourth-order valence-corrected chi connectivity index (χ4v) is 1.95. The highest BCUT2D eigenvalue weighted by molar-refractivity contribution is 4.94. The van der Waals surface area contributed by atoms with Gasteiger partial charge in [-0.2, -0.15) is 0 Å². The molecule has 1 rings (SSSR count). The zero-order valence-electron chi connectivity index (χ0n) is 8.67. The van der Waals surface area contributed by atoms with E-state index in [1.807, 2.05) is 5.01 Å². The van der Waals surface area contributed by atoms with Gasteiger partial charge >= 0.3 is 0 Å². The maximum Gasteiger partial charge on any atom is 0.0392 e. The number of likely N-dealkylation sites (N-methyl/N-ethyl adjacent to an activating group) is 1. The fraction of sp³-hybridized carbons (Fsp3) is 1.00. The number of nitrogens with two attached hydrogens (primary N) is 1. The van der Waals surface area contributed by atoms with Crippen LogP contribution in [0.1, 0.15) is 27.7 Å². The molecule has 3 nitrogen and oxygen atoms in total. The van der Waals surface area contributed by atoms with Crippen molar-refractivity contribution in [2.75, 3.05) is 19.6 Å². The predicted octanol–water partition coefficient (Wildman–Crippen LogP) is 0.665. The van der Waals surface area contributed by atoms with Crippen molar-refractivity contribution >= 4 is 0 Å².